The van der Waals surface area contributed by atoms with Gasteiger partial charge in [-0.1, -0.05) is 0 Å². The zero-order valence-electron chi connectivity index (χ0n) is 13.7. The molecule has 0 saturated heterocycles. The van der Waals surface area contributed by atoms with Crippen LogP contribution in [-0.2, 0) is 19.5 Å². The first kappa shape index (κ1) is 16.5. The third kappa shape index (κ3) is 4.34. The maximum Gasteiger partial charge on any atom is 0.191 e. The van der Waals surface area contributed by atoms with Gasteiger partial charge < -0.3 is 10.6 Å². The Kier molecular flexibility index (Phi) is 5.70. The Hall–Kier alpha value is -1.37. The van der Waals surface area contributed by atoms with Crippen LogP contribution in [0.3, 0.4) is 0 Å². The molecule has 1 aliphatic heterocycles. The summed E-state index contributed by atoms with van der Waals surface area (Å²) in [6, 6.07) is 4.90. The molecule has 0 spiro atoms. The minimum absolute atomic E-state index is 0.489. The molecule has 0 radical (unpaired) electrons. The molecule has 2 aromatic heterocycles. The van der Waals surface area contributed by atoms with Gasteiger partial charge in [0.15, 0.2) is 5.96 Å². The summed E-state index contributed by atoms with van der Waals surface area (Å²) in [5.74, 6) is 0.872. The highest BCUT2D eigenvalue weighted by atomic mass is 32.1. The monoisotopic (exact) mass is 348 g/mol. The van der Waals surface area contributed by atoms with Crippen molar-refractivity contribution in [2.75, 3.05) is 20.1 Å². The average Bonchev–Trinajstić information content (AvgIpc) is 3.25. The molecule has 3 rings (SSSR count). The van der Waals surface area contributed by atoms with Gasteiger partial charge in [0, 0.05) is 44.1 Å². The third-order valence-corrected chi connectivity index (χ3v) is 6.04. The molecule has 1 aliphatic rings. The molecule has 0 fully saturated rings. The van der Waals surface area contributed by atoms with E-state index in [0.717, 1.165) is 32.1 Å². The number of hydrogen-bond acceptors (Lipinski definition) is 4. The average molecular weight is 349 g/mol. The van der Waals surface area contributed by atoms with Gasteiger partial charge in [-0.05, 0) is 52.7 Å². The first-order valence-electron chi connectivity index (χ1n) is 8.01. The van der Waals surface area contributed by atoms with E-state index in [1.165, 1.54) is 17.5 Å². The van der Waals surface area contributed by atoms with Crippen molar-refractivity contribution in [2.45, 2.75) is 32.5 Å². The maximum atomic E-state index is 4.31. The Morgan fingerprint density at radius 3 is 3.04 bits per heavy atom. The number of thiophene rings is 2. The summed E-state index contributed by atoms with van der Waals surface area (Å²) < 4.78 is 0. The molecule has 0 amide bonds. The summed E-state index contributed by atoms with van der Waals surface area (Å²) in [5, 5.41) is 13.3. The zero-order chi connectivity index (χ0) is 16.1. The Labute approximate surface area is 146 Å². The van der Waals surface area contributed by atoms with Crippen LogP contribution < -0.4 is 10.6 Å². The minimum atomic E-state index is 0.489. The molecule has 3 heterocycles. The van der Waals surface area contributed by atoms with Gasteiger partial charge in [0.25, 0.3) is 0 Å². The summed E-state index contributed by atoms with van der Waals surface area (Å²) in [7, 11) is 1.83. The summed E-state index contributed by atoms with van der Waals surface area (Å²) in [4.78, 5) is 8.43. The number of fused-ring (bicyclic) bond motifs is 1. The minimum Gasteiger partial charge on any atom is -0.355 e. The van der Waals surface area contributed by atoms with Crippen LogP contribution in [0.5, 0.6) is 0 Å². The van der Waals surface area contributed by atoms with Gasteiger partial charge in [-0.3, -0.25) is 9.89 Å². The van der Waals surface area contributed by atoms with Crippen molar-refractivity contribution in [2.24, 2.45) is 4.99 Å². The van der Waals surface area contributed by atoms with Crippen LogP contribution in [0.2, 0.25) is 0 Å². The van der Waals surface area contributed by atoms with Crippen molar-refractivity contribution in [3.05, 3.63) is 44.3 Å². The lowest BCUT2D eigenvalue weighted by Gasteiger charge is -2.32. The van der Waals surface area contributed by atoms with E-state index in [9.17, 15) is 0 Å². The van der Waals surface area contributed by atoms with E-state index in [-0.39, 0.29) is 0 Å². The molecular weight excluding hydrogens is 324 g/mol. The lowest BCUT2D eigenvalue weighted by molar-refractivity contribution is 0.192. The summed E-state index contributed by atoms with van der Waals surface area (Å²) in [6.07, 6.45) is 1.18. The predicted molar refractivity (Wildman–Crippen MR) is 100 cm³/mol. The van der Waals surface area contributed by atoms with Crippen LogP contribution in [0.1, 0.15) is 22.9 Å². The molecule has 0 aromatic carbocycles. The molecule has 1 atom stereocenters. The Morgan fingerprint density at radius 2 is 2.26 bits per heavy atom. The SMILES string of the molecule is CN=C(NCc1ccsc1)NCC(C)N1CCc2sccc2C1. The van der Waals surface area contributed by atoms with Crippen molar-refractivity contribution in [1.82, 2.24) is 15.5 Å². The summed E-state index contributed by atoms with van der Waals surface area (Å²) >= 11 is 3.62. The molecule has 0 saturated carbocycles. The molecule has 0 bridgehead atoms. The van der Waals surface area contributed by atoms with Gasteiger partial charge in [-0.15, -0.1) is 11.3 Å². The number of hydrogen-bond donors (Lipinski definition) is 2. The molecule has 1 unspecified atom stereocenters. The van der Waals surface area contributed by atoms with Crippen molar-refractivity contribution in [1.29, 1.82) is 0 Å². The molecule has 2 N–H and O–H groups in total. The normalized spacial score (nSPS) is 16.9. The van der Waals surface area contributed by atoms with Gasteiger partial charge in [-0.2, -0.15) is 11.3 Å². The van der Waals surface area contributed by atoms with Crippen molar-refractivity contribution >= 4 is 28.6 Å². The largest absolute Gasteiger partial charge is 0.355 e. The first-order valence-corrected chi connectivity index (χ1v) is 9.83. The van der Waals surface area contributed by atoms with Gasteiger partial charge in [0.2, 0.25) is 0 Å². The van der Waals surface area contributed by atoms with Gasteiger partial charge >= 0.3 is 0 Å². The van der Waals surface area contributed by atoms with Crippen LogP contribution >= 0.6 is 22.7 Å². The second-order valence-electron chi connectivity index (χ2n) is 5.88. The second-order valence-corrected chi connectivity index (χ2v) is 7.66. The molecular formula is C17H24N4S2. The van der Waals surface area contributed by atoms with Crippen LogP contribution in [0.15, 0.2) is 33.3 Å². The fourth-order valence-electron chi connectivity index (χ4n) is 2.82. The molecule has 0 aliphatic carbocycles. The molecule has 4 nitrogen and oxygen atoms in total. The van der Waals surface area contributed by atoms with Crippen LogP contribution in [0.4, 0.5) is 0 Å². The fourth-order valence-corrected chi connectivity index (χ4v) is 4.38. The van der Waals surface area contributed by atoms with E-state index in [0.29, 0.717) is 6.04 Å². The van der Waals surface area contributed by atoms with Crippen LogP contribution in [-0.4, -0.2) is 37.0 Å². The summed E-state index contributed by atoms with van der Waals surface area (Å²) in [5.41, 5.74) is 2.81. The smallest absolute Gasteiger partial charge is 0.191 e. The second kappa shape index (κ2) is 7.95. The fraction of sp³-hybridized carbons (Fsp3) is 0.471. The van der Waals surface area contributed by atoms with Crippen molar-refractivity contribution in [3.8, 4) is 0 Å². The van der Waals surface area contributed by atoms with E-state index in [1.807, 2.05) is 18.4 Å². The Morgan fingerprint density at radius 1 is 1.35 bits per heavy atom. The molecule has 124 valence electrons. The molecule has 2 aromatic rings. The number of aliphatic imine (C=N–C) groups is 1. The first-order chi connectivity index (χ1) is 11.3. The Bertz CT molecular complexity index is 633. The van der Waals surface area contributed by atoms with E-state index in [2.05, 4.69) is 55.7 Å². The third-order valence-electron chi connectivity index (χ3n) is 4.29. The standard InChI is InChI=1S/C17H24N4S2/c1-13(21-6-3-16-15(11-21)5-8-23-16)9-19-17(18-2)20-10-14-4-7-22-12-14/h4-5,7-8,12-13H,3,6,9-11H2,1-2H3,(H2,18,19,20). The van der Waals surface area contributed by atoms with Crippen LogP contribution in [0.25, 0.3) is 0 Å². The zero-order valence-corrected chi connectivity index (χ0v) is 15.3. The number of rotatable bonds is 5. The Balaban J connectivity index is 1.45. The summed E-state index contributed by atoms with van der Waals surface area (Å²) in [6.45, 7) is 6.23. The van der Waals surface area contributed by atoms with E-state index >= 15 is 0 Å². The molecule has 23 heavy (non-hydrogen) atoms. The maximum absolute atomic E-state index is 4.31. The van der Waals surface area contributed by atoms with Crippen molar-refractivity contribution in [3.63, 3.8) is 0 Å². The number of guanidine groups is 1. The van der Waals surface area contributed by atoms with Gasteiger partial charge in [0.1, 0.15) is 0 Å². The van der Waals surface area contributed by atoms with E-state index in [4.69, 9.17) is 0 Å². The van der Waals surface area contributed by atoms with E-state index in [1.54, 1.807) is 16.2 Å². The van der Waals surface area contributed by atoms with Gasteiger partial charge in [0.05, 0.1) is 0 Å². The lowest BCUT2D eigenvalue weighted by Crippen LogP contribution is -2.47. The topological polar surface area (TPSA) is 39.7 Å². The van der Waals surface area contributed by atoms with Gasteiger partial charge in [-0.25, -0.2) is 0 Å². The number of nitrogens with one attached hydrogen (secondary N) is 2. The van der Waals surface area contributed by atoms with E-state index < -0.39 is 0 Å². The van der Waals surface area contributed by atoms with Crippen molar-refractivity contribution < 1.29 is 0 Å². The highest BCUT2D eigenvalue weighted by Crippen LogP contribution is 2.24. The quantitative estimate of drug-likeness (QED) is 0.645. The van der Waals surface area contributed by atoms with Crippen LogP contribution in [0, 0.1) is 0 Å². The highest BCUT2D eigenvalue weighted by Gasteiger charge is 2.21. The highest BCUT2D eigenvalue weighted by molar-refractivity contribution is 7.10. The molecule has 6 heteroatoms. The number of nitrogens with zero attached hydrogens (tertiary/aromatic N) is 2. The lowest BCUT2D eigenvalue weighted by atomic mass is 10.1. The predicted octanol–water partition coefficient (Wildman–Crippen LogP) is 2.92.